The third kappa shape index (κ3) is 4.81. The average Bonchev–Trinajstić information content (AvgIpc) is 2.62. The van der Waals surface area contributed by atoms with Gasteiger partial charge in [-0.3, -0.25) is 9.78 Å². The number of benzene rings is 1. The fourth-order valence-corrected chi connectivity index (χ4v) is 2.03. The van der Waals surface area contributed by atoms with Crippen LogP contribution in [0.1, 0.15) is 30.6 Å². The van der Waals surface area contributed by atoms with E-state index in [1.807, 2.05) is 6.92 Å². The van der Waals surface area contributed by atoms with Gasteiger partial charge in [0.25, 0.3) is 5.91 Å². The summed E-state index contributed by atoms with van der Waals surface area (Å²) >= 11 is 0. The molecule has 1 heterocycles. The first-order chi connectivity index (χ1) is 11.6. The Morgan fingerprint density at radius 1 is 1.08 bits per heavy atom. The van der Waals surface area contributed by atoms with Gasteiger partial charge >= 0.3 is 5.97 Å². The maximum atomic E-state index is 12.3. The summed E-state index contributed by atoms with van der Waals surface area (Å²) in [7, 11) is 0. The van der Waals surface area contributed by atoms with Crippen LogP contribution in [-0.4, -0.2) is 29.6 Å². The predicted octanol–water partition coefficient (Wildman–Crippen LogP) is 3.05. The van der Waals surface area contributed by atoms with Crippen molar-refractivity contribution < 1.29 is 19.1 Å². The highest BCUT2D eigenvalue weighted by Gasteiger charge is 2.22. The Morgan fingerprint density at radius 2 is 1.75 bits per heavy atom. The molecule has 0 bridgehead atoms. The van der Waals surface area contributed by atoms with Crippen LogP contribution in [0.4, 0.5) is 5.69 Å². The molecule has 126 valence electrons. The lowest BCUT2D eigenvalue weighted by Crippen LogP contribution is -2.32. The number of carbonyl (C=O) groups is 2. The molecule has 1 aromatic carbocycles. The zero-order chi connectivity index (χ0) is 17.4. The number of ether oxygens (including phenoxy) is 2. The first kappa shape index (κ1) is 17.5. The molecule has 0 saturated heterocycles. The molecule has 24 heavy (non-hydrogen) atoms. The lowest BCUT2D eigenvalue weighted by atomic mass is 10.2. The highest BCUT2D eigenvalue weighted by Crippen LogP contribution is 2.16. The van der Waals surface area contributed by atoms with E-state index < -0.39 is 12.1 Å². The summed E-state index contributed by atoms with van der Waals surface area (Å²) in [5, 5.41) is 2.74. The summed E-state index contributed by atoms with van der Waals surface area (Å²) in [6.07, 6.45) is 2.51. The van der Waals surface area contributed by atoms with Gasteiger partial charge in [0.15, 0.2) is 6.10 Å². The van der Waals surface area contributed by atoms with Gasteiger partial charge in [-0.25, -0.2) is 4.79 Å². The molecule has 1 atom stereocenters. The topological polar surface area (TPSA) is 77.5 Å². The van der Waals surface area contributed by atoms with Crippen LogP contribution in [0.15, 0.2) is 48.8 Å². The van der Waals surface area contributed by atoms with Crippen LogP contribution in [0.25, 0.3) is 0 Å². The van der Waals surface area contributed by atoms with Gasteiger partial charge in [0.2, 0.25) is 0 Å². The fourth-order valence-electron chi connectivity index (χ4n) is 2.03. The van der Waals surface area contributed by atoms with Crippen molar-refractivity contribution in [3.8, 4) is 5.75 Å². The van der Waals surface area contributed by atoms with E-state index in [0.717, 1.165) is 5.75 Å². The number of esters is 1. The molecule has 0 radical (unpaired) electrons. The molecular weight excluding hydrogens is 308 g/mol. The van der Waals surface area contributed by atoms with Crippen molar-refractivity contribution >= 4 is 17.6 Å². The van der Waals surface area contributed by atoms with Crippen LogP contribution in [0.3, 0.4) is 0 Å². The third-order valence-corrected chi connectivity index (χ3v) is 3.26. The summed E-state index contributed by atoms with van der Waals surface area (Å²) in [4.78, 5) is 28.2. The number of hydrogen-bond donors (Lipinski definition) is 1. The second-order valence-corrected chi connectivity index (χ2v) is 4.98. The minimum atomic E-state index is -0.864. The van der Waals surface area contributed by atoms with E-state index in [-0.39, 0.29) is 5.91 Å². The Kier molecular flexibility index (Phi) is 6.31. The van der Waals surface area contributed by atoms with Crippen molar-refractivity contribution in [3.05, 3.63) is 54.4 Å². The maximum Gasteiger partial charge on any atom is 0.339 e. The van der Waals surface area contributed by atoms with Gasteiger partial charge in [0.05, 0.1) is 12.2 Å². The second kappa shape index (κ2) is 8.67. The zero-order valence-corrected chi connectivity index (χ0v) is 13.7. The summed E-state index contributed by atoms with van der Waals surface area (Å²) in [6, 6.07) is 10.1. The van der Waals surface area contributed by atoms with E-state index >= 15 is 0 Å². The summed E-state index contributed by atoms with van der Waals surface area (Å²) in [6.45, 7) is 4.26. The summed E-state index contributed by atoms with van der Waals surface area (Å²) in [5.41, 5.74) is 0.971. The van der Waals surface area contributed by atoms with E-state index in [4.69, 9.17) is 9.47 Å². The van der Waals surface area contributed by atoms with E-state index in [2.05, 4.69) is 10.3 Å². The van der Waals surface area contributed by atoms with Crippen molar-refractivity contribution in [1.29, 1.82) is 0 Å². The normalized spacial score (nSPS) is 11.4. The average molecular weight is 328 g/mol. The molecule has 1 N–H and O–H groups in total. The Hall–Kier alpha value is -2.89. The smallest absolute Gasteiger partial charge is 0.339 e. The highest BCUT2D eigenvalue weighted by atomic mass is 16.5. The van der Waals surface area contributed by atoms with Crippen LogP contribution in [0, 0.1) is 0 Å². The molecule has 2 rings (SSSR count). The molecule has 1 amide bonds. The Labute approximate surface area is 140 Å². The molecule has 1 unspecified atom stereocenters. The monoisotopic (exact) mass is 328 g/mol. The SMILES string of the molecule is CCOc1ccc(NC(=O)C(CC)OC(=O)c2ccncc2)cc1. The number of nitrogens with one attached hydrogen (secondary N) is 1. The standard InChI is InChI=1S/C18H20N2O4/c1-3-16(24-18(22)13-9-11-19-12-10-13)17(21)20-14-5-7-15(8-6-14)23-4-2/h5-12,16H,3-4H2,1-2H3,(H,20,21). The molecule has 0 spiro atoms. The molecule has 0 saturated carbocycles. The quantitative estimate of drug-likeness (QED) is 0.790. The van der Waals surface area contributed by atoms with Gasteiger partial charge < -0.3 is 14.8 Å². The summed E-state index contributed by atoms with van der Waals surface area (Å²) < 4.78 is 10.6. The van der Waals surface area contributed by atoms with E-state index in [1.54, 1.807) is 43.3 Å². The number of aromatic nitrogens is 1. The highest BCUT2D eigenvalue weighted by molar-refractivity contribution is 5.97. The number of amides is 1. The Morgan fingerprint density at radius 3 is 2.33 bits per heavy atom. The van der Waals surface area contributed by atoms with Crippen molar-refractivity contribution in [2.24, 2.45) is 0 Å². The molecule has 0 aliphatic carbocycles. The van der Waals surface area contributed by atoms with Gasteiger partial charge in [-0.1, -0.05) is 6.92 Å². The van der Waals surface area contributed by atoms with Crippen LogP contribution in [0.5, 0.6) is 5.75 Å². The molecule has 0 aliphatic heterocycles. The van der Waals surface area contributed by atoms with Crippen LogP contribution in [0.2, 0.25) is 0 Å². The Bertz CT molecular complexity index is 671. The molecular formula is C18H20N2O4. The third-order valence-electron chi connectivity index (χ3n) is 3.26. The van der Waals surface area contributed by atoms with Crippen molar-refractivity contribution in [2.75, 3.05) is 11.9 Å². The van der Waals surface area contributed by atoms with Gasteiger partial charge in [-0.2, -0.15) is 0 Å². The molecule has 1 aromatic heterocycles. The minimum Gasteiger partial charge on any atom is -0.494 e. The molecule has 0 aliphatic rings. The van der Waals surface area contributed by atoms with E-state index in [0.29, 0.717) is 24.3 Å². The molecule has 6 heteroatoms. The number of nitrogens with zero attached hydrogens (tertiary/aromatic N) is 1. The number of anilines is 1. The zero-order valence-electron chi connectivity index (χ0n) is 13.7. The minimum absolute atomic E-state index is 0.359. The lowest BCUT2D eigenvalue weighted by molar-refractivity contribution is -0.124. The van der Waals surface area contributed by atoms with Gasteiger partial charge in [-0.15, -0.1) is 0 Å². The van der Waals surface area contributed by atoms with Crippen LogP contribution < -0.4 is 10.1 Å². The lowest BCUT2D eigenvalue weighted by Gasteiger charge is -2.16. The van der Waals surface area contributed by atoms with Crippen molar-refractivity contribution in [1.82, 2.24) is 4.98 Å². The van der Waals surface area contributed by atoms with Gasteiger partial charge in [0.1, 0.15) is 5.75 Å². The molecule has 6 nitrogen and oxygen atoms in total. The molecule has 2 aromatic rings. The van der Waals surface area contributed by atoms with Crippen LogP contribution >= 0.6 is 0 Å². The fraction of sp³-hybridized carbons (Fsp3) is 0.278. The molecule has 0 fully saturated rings. The number of rotatable bonds is 7. The maximum absolute atomic E-state index is 12.3. The van der Waals surface area contributed by atoms with Crippen molar-refractivity contribution in [2.45, 2.75) is 26.4 Å². The predicted molar refractivity (Wildman–Crippen MR) is 90.0 cm³/mol. The van der Waals surface area contributed by atoms with Gasteiger partial charge in [-0.05, 0) is 49.7 Å². The van der Waals surface area contributed by atoms with Gasteiger partial charge in [0, 0.05) is 18.1 Å². The first-order valence-corrected chi connectivity index (χ1v) is 7.78. The summed E-state index contributed by atoms with van der Waals surface area (Å²) in [5.74, 6) is -0.193. The van der Waals surface area contributed by atoms with Crippen molar-refractivity contribution in [3.63, 3.8) is 0 Å². The number of hydrogen-bond acceptors (Lipinski definition) is 5. The van der Waals surface area contributed by atoms with Crippen LogP contribution in [-0.2, 0) is 9.53 Å². The van der Waals surface area contributed by atoms with E-state index in [1.165, 1.54) is 12.4 Å². The largest absolute Gasteiger partial charge is 0.494 e. The first-order valence-electron chi connectivity index (χ1n) is 7.78. The van der Waals surface area contributed by atoms with E-state index in [9.17, 15) is 9.59 Å². The number of pyridine rings is 1. The number of carbonyl (C=O) groups excluding carboxylic acids is 2. The Balaban J connectivity index is 1.97. The second-order valence-electron chi connectivity index (χ2n) is 4.98.